The first kappa shape index (κ1) is 12.3. The third kappa shape index (κ3) is 3.67. The second kappa shape index (κ2) is 5.32. The standard InChI is InChI=1S/C14H22O/c1-10(2)9-12-5-7-13(8-6-12)14(15)11(3)4/h5-8,10-11,14-15H,9H2,1-4H3. The highest BCUT2D eigenvalue weighted by molar-refractivity contribution is 5.24. The van der Waals surface area contributed by atoms with Crippen LogP contribution in [-0.2, 0) is 6.42 Å². The Morgan fingerprint density at radius 1 is 1.00 bits per heavy atom. The van der Waals surface area contributed by atoms with Gasteiger partial charge in [0.2, 0.25) is 0 Å². The van der Waals surface area contributed by atoms with Crippen molar-refractivity contribution in [3.63, 3.8) is 0 Å². The molecule has 1 atom stereocenters. The lowest BCUT2D eigenvalue weighted by atomic mass is 9.96. The smallest absolute Gasteiger partial charge is 0.0812 e. The van der Waals surface area contributed by atoms with Crippen LogP contribution in [0.15, 0.2) is 24.3 Å². The molecule has 0 aliphatic heterocycles. The van der Waals surface area contributed by atoms with Crippen LogP contribution < -0.4 is 0 Å². The predicted octanol–water partition coefficient (Wildman–Crippen LogP) is 3.57. The third-order valence-electron chi connectivity index (χ3n) is 2.60. The minimum Gasteiger partial charge on any atom is -0.388 e. The minimum absolute atomic E-state index is 0.279. The van der Waals surface area contributed by atoms with Crippen LogP contribution in [0.2, 0.25) is 0 Å². The third-order valence-corrected chi connectivity index (χ3v) is 2.60. The summed E-state index contributed by atoms with van der Waals surface area (Å²) in [6.07, 6.45) is 0.774. The number of hydrogen-bond donors (Lipinski definition) is 1. The molecule has 0 aliphatic carbocycles. The topological polar surface area (TPSA) is 20.2 Å². The molecule has 84 valence electrons. The Balaban J connectivity index is 2.72. The summed E-state index contributed by atoms with van der Waals surface area (Å²) in [5.74, 6) is 0.965. The fraction of sp³-hybridized carbons (Fsp3) is 0.571. The largest absolute Gasteiger partial charge is 0.388 e. The molecule has 1 heteroatoms. The van der Waals surface area contributed by atoms with Crippen LogP contribution in [0.4, 0.5) is 0 Å². The average molecular weight is 206 g/mol. The van der Waals surface area contributed by atoms with Gasteiger partial charge in [-0.1, -0.05) is 52.0 Å². The Labute approximate surface area is 93.1 Å². The molecule has 0 spiro atoms. The summed E-state index contributed by atoms with van der Waals surface area (Å²) in [7, 11) is 0. The van der Waals surface area contributed by atoms with Crippen molar-refractivity contribution in [2.45, 2.75) is 40.2 Å². The molecule has 0 aromatic heterocycles. The molecule has 0 radical (unpaired) electrons. The van der Waals surface area contributed by atoms with E-state index in [0.717, 1.165) is 12.0 Å². The van der Waals surface area contributed by atoms with Crippen molar-refractivity contribution >= 4 is 0 Å². The molecule has 0 amide bonds. The first-order chi connectivity index (χ1) is 7.00. The van der Waals surface area contributed by atoms with Gasteiger partial charge in [0.15, 0.2) is 0 Å². The van der Waals surface area contributed by atoms with E-state index in [1.54, 1.807) is 0 Å². The van der Waals surface area contributed by atoms with Crippen molar-refractivity contribution in [2.24, 2.45) is 11.8 Å². The van der Waals surface area contributed by atoms with Gasteiger partial charge < -0.3 is 5.11 Å². The summed E-state index contributed by atoms with van der Waals surface area (Å²) in [4.78, 5) is 0. The van der Waals surface area contributed by atoms with E-state index in [4.69, 9.17) is 0 Å². The highest BCUT2D eigenvalue weighted by Gasteiger charge is 2.11. The monoisotopic (exact) mass is 206 g/mol. The Morgan fingerprint density at radius 2 is 1.53 bits per heavy atom. The van der Waals surface area contributed by atoms with Crippen molar-refractivity contribution in [3.8, 4) is 0 Å². The summed E-state index contributed by atoms with van der Waals surface area (Å²) in [6.45, 7) is 8.51. The maximum atomic E-state index is 9.87. The highest BCUT2D eigenvalue weighted by atomic mass is 16.3. The van der Waals surface area contributed by atoms with Crippen molar-refractivity contribution in [2.75, 3.05) is 0 Å². The molecule has 1 aromatic carbocycles. The van der Waals surface area contributed by atoms with Crippen molar-refractivity contribution in [1.29, 1.82) is 0 Å². The Bertz CT molecular complexity index is 285. The second-order valence-corrected chi connectivity index (χ2v) is 5.03. The summed E-state index contributed by atoms with van der Waals surface area (Å²) in [5, 5.41) is 9.87. The van der Waals surface area contributed by atoms with Gasteiger partial charge in [-0.3, -0.25) is 0 Å². The molecular weight excluding hydrogens is 184 g/mol. The van der Waals surface area contributed by atoms with Crippen LogP contribution in [-0.4, -0.2) is 5.11 Å². The van der Waals surface area contributed by atoms with Gasteiger partial charge in [-0.2, -0.15) is 0 Å². The fourth-order valence-electron chi connectivity index (χ4n) is 1.71. The van der Waals surface area contributed by atoms with Crippen LogP contribution in [0.1, 0.15) is 44.9 Å². The molecule has 0 aliphatic rings. The van der Waals surface area contributed by atoms with E-state index >= 15 is 0 Å². The van der Waals surface area contributed by atoms with Gasteiger partial charge >= 0.3 is 0 Å². The molecule has 0 saturated carbocycles. The van der Waals surface area contributed by atoms with E-state index < -0.39 is 0 Å². The summed E-state index contributed by atoms with van der Waals surface area (Å²) in [5.41, 5.74) is 2.38. The van der Waals surface area contributed by atoms with Crippen LogP contribution >= 0.6 is 0 Å². The van der Waals surface area contributed by atoms with E-state index in [-0.39, 0.29) is 12.0 Å². The molecule has 1 N–H and O–H groups in total. The number of aliphatic hydroxyl groups excluding tert-OH is 1. The normalized spacial score (nSPS) is 13.5. The molecule has 1 unspecified atom stereocenters. The molecular formula is C14H22O. The average Bonchev–Trinajstić information content (AvgIpc) is 2.17. The first-order valence-corrected chi connectivity index (χ1v) is 5.77. The van der Waals surface area contributed by atoms with Crippen LogP contribution in [0.5, 0.6) is 0 Å². The number of aliphatic hydroxyl groups is 1. The molecule has 0 heterocycles. The summed E-state index contributed by atoms with van der Waals surface area (Å²) < 4.78 is 0. The molecule has 1 rings (SSSR count). The van der Waals surface area contributed by atoms with Gasteiger partial charge in [0.25, 0.3) is 0 Å². The first-order valence-electron chi connectivity index (χ1n) is 5.77. The number of hydrogen-bond acceptors (Lipinski definition) is 1. The van der Waals surface area contributed by atoms with E-state index in [0.29, 0.717) is 5.92 Å². The summed E-state index contributed by atoms with van der Waals surface area (Å²) in [6, 6.07) is 8.34. The van der Waals surface area contributed by atoms with Gasteiger partial charge in [0.05, 0.1) is 6.10 Å². The summed E-state index contributed by atoms with van der Waals surface area (Å²) >= 11 is 0. The lowest BCUT2D eigenvalue weighted by Crippen LogP contribution is -2.05. The van der Waals surface area contributed by atoms with E-state index in [2.05, 4.69) is 26.0 Å². The lowest BCUT2D eigenvalue weighted by Gasteiger charge is -2.15. The predicted molar refractivity (Wildman–Crippen MR) is 64.8 cm³/mol. The minimum atomic E-state index is -0.335. The molecule has 0 bridgehead atoms. The maximum Gasteiger partial charge on any atom is 0.0812 e. The zero-order valence-corrected chi connectivity index (χ0v) is 10.2. The Hall–Kier alpha value is -0.820. The van der Waals surface area contributed by atoms with Crippen LogP contribution in [0, 0.1) is 11.8 Å². The van der Waals surface area contributed by atoms with Crippen molar-refractivity contribution in [3.05, 3.63) is 35.4 Å². The van der Waals surface area contributed by atoms with Crippen molar-refractivity contribution in [1.82, 2.24) is 0 Å². The Kier molecular flexibility index (Phi) is 4.34. The molecule has 1 aromatic rings. The lowest BCUT2D eigenvalue weighted by molar-refractivity contribution is 0.127. The number of rotatable bonds is 4. The van der Waals surface area contributed by atoms with E-state index in [1.807, 2.05) is 26.0 Å². The highest BCUT2D eigenvalue weighted by Crippen LogP contribution is 2.21. The second-order valence-electron chi connectivity index (χ2n) is 5.03. The molecule has 1 nitrogen and oxygen atoms in total. The van der Waals surface area contributed by atoms with Gasteiger partial charge in [-0.05, 0) is 29.4 Å². The van der Waals surface area contributed by atoms with Crippen LogP contribution in [0.3, 0.4) is 0 Å². The Morgan fingerprint density at radius 3 is 1.93 bits per heavy atom. The SMILES string of the molecule is CC(C)Cc1ccc(C(O)C(C)C)cc1. The van der Waals surface area contributed by atoms with Gasteiger partial charge in [-0.15, -0.1) is 0 Å². The quantitative estimate of drug-likeness (QED) is 0.798. The fourth-order valence-corrected chi connectivity index (χ4v) is 1.71. The van der Waals surface area contributed by atoms with Crippen LogP contribution in [0.25, 0.3) is 0 Å². The van der Waals surface area contributed by atoms with Crippen molar-refractivity contribution < 1.29 is 5.11 Å². The maximum absolute atomic E-state index is 9.87. The van der Waals surface area contributed by atoms with Gasteiger partial charge in [-0.25, -0.2) is 0 Å². The van der Waals surface area contributed by atoms with Gasteiger partial charge in [0, 0.05) is 0 Å². The van der Waals surface area contributed by atoms with E-state index in [1.165, 1.54) is 5.56 Å². The van der Waals surface area contributed by atoms with E-state index in [9.17, 15) is 5.11 Å². The van der Waals surface area contributed by atoms with Gasteiger partial charge in [0.1, 0.15) is 0 Å². The zero-order chi connectivity index (χ0) is 11.4. The molecule has 0 saturated heterocycles. The zero-order valence-electron chi connectivity index (χ0n) is 10.2. The number of benzene rings is 1. The molecule has 15 heavy (non-hydrogen) atoms. The molecule has 0 fully saturated rings.